The molecule has 0 bridgehead atoms. The zero-order chi connectivity index (χ0) is 9.56. The maximum absolute atomic E-state index is 10.4. The predicted octanol–water partition coefficient (Wildman–Crippen LogP) is 2.55. The number of carboxylic acids is 1. The van der Waals surface area contributed by atoms with Crippen molar-refractivity contribution in [1.82, 2.24) is 0 Å². The Hall–Kier alpha value is -1.02. The van der Waals surface area contributed by atoms with E-state index < -0.39 is 5.97 Å². The van der Waals surface area contributed by atoms with Crippen LogP contribution >= 0.6 is 11.6 Å². The van der Waals surface area contributed by atoms with E-state index in [2.05, 4.69) is 11.6 Å². The predicted molar refractivity (Wildman–Crippen MR) is 49.9 cm³/mol. The monoisotopic (exact) mass is 186 g/mol. The van der Waals surface area contributed by atoms with E-state index in [-0.39, 0.29) is 0 Å². The smallest absolute Gasteiger partial charge is 0.335 e. The zero-order valence-corrected chi connectivity index (χ0v) is 7.80. The number of aryl methyl sites for hydroxylation is 1. The van der Waals surface area contributed by atoms with Gasteiger partial charge in [0.05, 0.1) is 5.56 Å². The number of rotatable bonds is 1. The Morgan fingerprint density at radius 1 is 1.33 bits per heavy atom. The lowest BCUT2D eigenvalue weighted by Crippen LogP contribution is -1.97. The molecule has 0 fully saturated rings. The van der Waals surface area contributed by atoms with E-state index in [0.717, 1.165) is 5.56 Å². The van der Waals surface area contributed by atoms with Gasteiger partial charge in [-0.05, 0) is 18.6 Å². The molecule has 0 aliphatic carbocycles. The van der Waals surface area contributed by atoms with Crippen LogP contribution in [0.15, 0.2) is 24.3 Å². The Morgan fingerprint density at radius 2 is 1.83 bits per heavy atom. The van der Waals surface area contributed by atoms with Gasteiger partial charge >= 0.3 is 5.97 Å². The van der Waals surface area contributed by atoms with Gasteiger partial charge in [0.1, 0.15) is 0 Å². The summed E-state index contributed by atoms with van der Waals surface area (Å²) in [6.07, 6.45) is 1.47. The number of halogens is 1. The molecule has 0 radical (unpaired) electrons. The molecular weight excluding hydrogens is 176 g/mol. The molecule has 12 heavy (non-hydrogen) atoms. The number of benzene rings is 1. The minimum Gasteiger partial charge on any atom is -0.478 e. The largest absolute Gasteiger partial charge is 0.478 e. The van der Waals surface area contributed by atoms with Crippen molar-refractivity contribution >= 4 is 17.6 Å². The van der Waals surface area contributed by atoms with Crippen LogP contribution < -0.4 is 0 Å². The molecule has 0 unspecified atom stereocenters. The number of hydrogen-bond acceptors (Lipinski definition) is 1. The molecule has 0 amide bonds. The molecule has 0 atom stereocenters. The van der Waals surface area contributed by atoms with E-state index in [9.17, 15) is 4.79 Å². The molecule has 2 nitrogen and oxygen atoms in total. The normalized spacial score (nSPS) is 8.25. The molecule has 0 heterocycles. The van der Waals surface area contributed by atoms with Crippen LogP contribution in [-0.2, 0) is 0 Å². The van der Waals surface area contributed by atoms with Crippen molar-refractivity contribution in [3.63, 3.8) is 0 Å². The summed E-state index contributed by atoms with van der Waals surface area (Å²) in [4.78, 5) is 10.4. The standard InChI is InChI=1S/C8H8O2.CH3Cl/c1-6-4-2-3-5-7(6)8(9)10;1-2/h2-5H,1H3,(H,9,10);1H3. The minimum atomic E-state index is -0.863. The second-order valence-electron chi connectivity index (χ2n) is 2.12. The van der Waals surface area contributed by atoms with E-state index in [1.807, 2.05) is 6.07 Å². The molecular formula is C9H11ClO2. The van der Waals surface area contributed by atoms with Crippen LogP contribution in [0.5, 0.6) is 0 Å². The lowest BCUT2D eigenvalue weighted by atomic mass is 10.1. The Kier molecular flexibility index (Phi) is 5.13. The van der Waals surface area contributed by atoms with Gasteiger partial charge in [-0.3, -0.25) is 0 Å². The van der Waals surface area contributed by atoms with Gasteiger partial charge < -0.3 is 5.11 Å². The number of alkyl halides is 1. The van der Waals surface area contributed by atoms with E-state index in [4.69, 9.17) is 5.11 Å². The summed E-state index contributed by atoms with van der Waals surface area (Å²) in [6.45, 7) is 1.78. The average Bonchev–Trinajstić information content (AvgIpc) is 2.08. The summed E-state index contributed by atoms with van der Waals surface area (Å²) in [5.41, 5.74) is 1.18. The molecule has 66 valence electrons. The molecule has 1 aromatic rings. The summed E-state index contributed by atoms with van der Waals surface area (Å²) in [7, 11) is 0. The van der Waals surface area contributed by atoms with Crippen molar-refractivity contribution in [3.05, 3.63) is 35.4 Å². The van der Waals surface area contributed by atoms with Gasteiger partial charge in [-0.1, -0.05) is 18.2 Å². The number of hydrogen-bond donors (Lipinski definition) is 1. The highest BCUT2D eigenvalue weighted by molar-refractivity contribution is 6.15. The van der Waals surface area contributed by atoms with Crippen LogP contribution in [0.1, 0.15) is 15.9 Å². The Bertz CT molecular complexity index is 258. The fourth-order valence-electron chi connectivity index (χ4n) is 0.813. The molecule has 0 saturated carbocycles. The van der Waals surface area contributed by atoms with Crippen molar-refractivity contribution in [2.75, 3.05) is 6.38 Å². The molecule has 0 spiro atoms. The van der Waals surface area contributed by atoms with Crippen molar-refractivity contribution in [1.29, 1.82) is 0 Å². The first-order valence-corrected chi connectivity index (χ1v) is 4.14. The van der Waals surface area contributed by atoms with E-state index in [1.54, 1.807) is 25.1 Å². The molecule has 1 aromatic carbocycles. The topological polar surface area (TPSA) is 37.3 Å². The van der Waals surface area contributed by atoms with Gasteiger partial charge in [0.25, 0.3) is 0 Å². The molecule has 1 rings (SSSR count). The number of carboxylic acid groups (broad SMARTS) is 1. The zero-order valence-electron chi connectivity index (χ0n) is 7.04. The molecule has 0 aromatic heterocycles. The van der Waals surface area contributed by atoms with E-state index in [0.29, 0.717) is 5.56 Å². The third-order valence-corrected chi connectivity index (χ3v) is 1.38. The van der Waals surface area contributed by atoms with Gasteiger partial charge in [-0.25, -0.2) is 4.79 Å². The van der Waals surface area contributed by atoms with Crippen LogP contribution in [0, 0.1) is 6.92 Å². The lowest BCUT2D eigenvalue weighted by Gasteiger charge is -1.96. The first-order chi connectivity index (χ1) is 5.72. The van der Waals surface area contributed by atoms with Crippen molar-refractivity contribution < 1.29 is 9.90 Å². The highest BCUT2D eigenvalue weighted by atomic mass is 35.5. The van der Waals surface area contributed by atoms with Crippen LogP contribution in [0.2, 0.25) is 0 Å². The second-order valence-corrected chi connectivity index (χ2v) is 2.12. The van der Waals surface area contributed by atoms with Crippen LogP contribution in [0.4, 0.5) is 0 Å². The molecule has 0 aliphatic heterocycles. The summed E-state index contributed by atoms with van der Waals surface area (Å²) >= 11 is 4.64. The number of carbonyl (C=O) groups is 1. The third kappa shape index (κ3) is 2.93. The van der Waals surface area contributed by atoms with E-state index in [1.165, 1.54) is 6.38 Å². The summed E-state index contributed by atoms with van der Waals surface area (Å²) in [5, 5.41) is 8.57. The Labute approximate surface area is 76.8 Å². The van der Waals surface area contributed by atoms with Gasteiger partial charge in [0.15, 0.2) is 0 Å². The van der Waals surface area contributed by atoms with Crippen molar-refractivity contribution in [3.8, 4) is 0 Å². The van der Waals surface area contributed by atoms with Crippen molar-refractivity contribution in [2.45, 2.75) is 6.92 Å². The third-order valence-electron chi connectivity index (χ3n) is 1.38. The van der Waals surface area contributed by atoms with Gasteiger partial charge in [0, 0.05) is 6.38 Å². The maximum Gasteiger partial charge on any atom is 0.335 e. The Morgan fingerprint density at radius 3 is 2.17 bits per heavy atom. The molecule has 0 aliphatic rings. The highest BCUT2D eigenvalue weighted by Gasteiger charge is 2.02. The summed E-state index contributed by atoms with van der Waals surface area (Å²) < 4.78 is 0. The van der Waals surface area contributed by atoms with Gasteiger partial charge in [-0.2, -0.15) is 0 Å². The van der Waals surface area contributed by atoms with Gasteiger partial charge in [-0.15, -0.1) is 11.6 Å². The SMILES string of the molecule is CCl.Cc1ccccc1C(=O)O. The van der Waals surface area contributed by atoms with Gasteiger partial charge in [0.2, 0.25) is 0 Å². The lowest BCUT2D eigenvalue weighted by molar-refractivity contribution is 0.0696. The summed E-state index contributed by atoms with van der Waals surface area (Å²) in [6, 6.07) is 6.92. The molecule has 3 heteroatoms. The highest BCUT2D eigenvalue weighted by Crippen LogP contribution is 2.05. The van der Waals surface area contributed by atoms with Crippen LogP contribution in [0.3, 0.4) is 0 Å². The minimum absolute atomic E-state index is 0.377. The Balaban J connectivity index is 0.000000561. The first-order valence-electron chi connectivity index (χ1n) is 3.38. The quantitative estimate of drug-likeness (QED) is 0.685. The molecule has 1 N–H and O–H groups in total. The second kappa shape index (κ2) is 5.61. The number of aromatic carboxylic acids is 1. The van der Waals surface area contributed by atoms with Crippen LogP contribution in [-0.4, -0.2) is 17.5 Å². The summed E-state index contributed by atoms with van der Waals surface area (Å²) in [5.74, 6) is -0.863. The van der Waals surface area contributed by atoms with Crippen molar-refractivity contribution in [2.24, 2.45) is 0 Å². The molecule has 0 saturated heterocycles. The first kappa shape index (κ1) is 11.0. The van der Waals surface area contributed by atoms with E-state index >= 15 is 0 Å². The fourth-order valence-corrected chi connectivity index (χ4v) is 0.813. The average molecular weight is 187 g/mol. The van der Waals surface area contributed by atoms with Crippen LogP contribution in [0.25, 0.3) is 0 Å². The fraction of sp³-hybridized carbons (Fsp3) is 0.222. The maximum atomic E-state index is 10.4.